The molecular weight excluding hydrogens is 382 g/mol. The zero-order valence-electron chi connectivity index (χ0n) is 15.8. The number of aryl methyl sites for hydroxylation is 1. The number of nitrogens with zero attached hydrogens (tertiary/aromatic N) is 1. The van der Waals surface area contributed by atoms with Gasteiger partial charge in [-0.05, 0) is 38.3 Å². The molecular formula is C20H22ClN3O4. The van der Waals surface area contributed by atoms with E-state index >= 15 is 0 Å². The maximum absolute atomic E-state index is 12.6. The van der Waals surface area contributed by atoms with Crippen LogP contribution in [0.3, 0.4) is 0 Å². The highest BCUT2D eigenvalue weighted by Crippen LogP contribution is 2.30. The number of carbonyl (C=O) groups excluding carboxylic acids is 2. The topological polar surface area (TPSA) is 92.9 Å². The van der Waals surface area contributed by atoms with Crippen molar-refractivity contribution < 1.29 is 18.7 Å². The van der Waals surface area contributed by atoms with Gasteiger partial charge >= 0.3 is 6.09 Å². The van der Waals surface area contributed by atoms with Crippen LogP contribution < -0.4 is 10.7 Å². The number of halogens is 1. The first-order chi connectivity index (χ1) is 13.5. The van der Waals surface area contributed by atoms with Crippen LogP contribution in [0.4, 0.5) is 4.79 Å². The number of nitrogens with one attached hydrogen (secondary N) is 2. The Balaban J connectivity index is 1.77. The third-order valence-electron chi connectivity index (χ3n) is 4.49. The Labute approximate surface area is 168 Å². The minimum absolute atomic E-state index is 0.253. The van der Waals surface area contributed by atoms with E-state index < -0.39 is 6.09 Å². The number of fused-ring (bicyclic) bond motifs is 1. The van der Waals surface area contributed by atoms with Gasteiger partial charge in [-0.3, -0.25) is 4.79 Å². The predicted molar refractivity (Wildman–Crippen MR) is 106 cm³/mol. The summed E-state index contributed by atoms with van der Waals surface area (Å²) in [6, 6.07) is 7.33. The van der Waals surface area contributed by atoms with Crippen molar-refractivity contribution in [2.24, 2.45) is 5.10 Å². The van der Waals surface area contributed by atoms with E-state index in [0.717, 1.165) is 17.5 Å². The van der Waals surface area contributed by atoms with E-state index in [2.05, 4.69) is 15.8 Å². The molecule has 1 aliphatic rings. The summed E-state index contributed by atoms with van der Waals surface area (Å²) < 4.78 is 10.7. The molecule has 2 N–H and O–H groups in total. The lowest BCUT2D eigenvalue weighted by atomic mass is 9.93. The molecule has 0 fully saturated rings. The highest BCUT2D eigenvalue weighted by Gasteiger charge is 2.28. The molecule has 28 heavy (non-hydrogen) atoms. The van der Waals surface area contributed by atoms with Gasteiger partial charge in [0.25, 0.3) is 5.91 Å². The van der Waals surface area contributed by atoms with E-state index in [9.17, 15) is 9.59 Å². The zero-order chi connectivity index (χ0) is 20.1. The van der Waals surface area contributed by atoms with Crippen LogP contribution in [0.15, 0.2) is 33.8 Å². The lowest BCUT2D eigenvalue weighted by Gasteiger charge is -2.13. The SMILES string of the molecule is CCOC(=O)N/N=C1\CCCc2oc(C(=O)NCc3ccccc3Cl)c(C)c21. The van der Waals surface area contributed by atoms with Gasteiger partial charge in [-0.1, -0.05) is 29.8 Å². The lowest BCUT2D eigenvalue weighted by Crippen LogP contribution is -2.24. The molecule has 2 aromatic rings. The van der Waals surface area contributed by atoms with Crippen molar-refractivity contribution in [3.8, 4) is 0 Å². The van der Waals surface area contributed by atoms with E-state index in [1.165, 1.54) is 0 Å². The summed E-state index contributed by atoms with van der Waals surface area (Å²) in [6.07, 6.45) is 1.61. The van der Waals surface area contributed by atoms with Crippen LogP contribution >= 0.6 is 11.6 Å². The zero-order valence-corrected chi connectivity index (χ0v) is 16.6. The van der Waals surface area contributed by atoms with Crippen LogP contribution in [0.25, 0.3) is 0 Å². The van der Waals surface area contributed by atoms with Gasteiger partial charge in [0.15, 0.2) is 5.76 Å². The van der Waals surface area contributed by atoms with E-state index in [4.69, 9.17) is 20.8 Å². The second-order valence-electron chi connectivity index (χ2n) is 6.37. The summed E-state index contributed by atoms with van der Waals surface area (Å²) in [5.41, 5.74) is 5.38. The van der Waals surface area contributed by atoms with Crippen molar-refractivity contribution in [1.82, 2.24) is 10.7 Å². The summed E-state index contributed by atoms with van der Waals surface area (Å²) >= 11 is 6.13. The fraction of sp³-hybridized carbons (Fsp3) is 0.350. The molecule has 0 radical (unpaired) electrons. The second kappa shape index (κ2) is 8.93. The molecule has 1 aromatic carbocycles. The fourth-order valence-electron chi connectivity index (χ4n) is 3.17. The number of rotatable bonds is 5. The van der Waals surface area contributed by atoms with E-state index in [1.54, 1.807) is 13.0 Å². The van der Waals surface area contributed by atoms with Gasteiger partial charge in [0.1, 0.15) is 5.76 Å². The highest BCUT2D eigenvalue weighted by molar-refractivity contribution is 6.31. The minimum Gasteiger partial charge on any atom is -0.455 e. The van der Waals surface area contributed by atoms with Crippen LogP contribution in [-0.4, -0.2) is 24.3 Å². The first kappa shape index (κ1) is 19.9. The second-order valence-corrected chi connectivity index (χ2v) is 6.78. The maximum Gasteiger partial charge on any atom is 0.427 e. The van der Waals surface area contributed by atoms with Gasteiger partial charge < -0.3 is 14.5 Å². The summed E-state index contributed by atoms with van der Waals surface area (Å²) in [4.78, 5) is 24.2. The van der Waals surface area contributed by atoms with Crippen molar-refractivity contribution in [1.29, 1.82) is 0 Å². The Kier molecular flexibility index (Phi) is 6.36. The molecule has 0 saturated carbocycles. The third-order valence-corrected chi connectivity index (χ3v) is 4.86. The van der Waals surface area contributed by atoms with Crippen molar-refractivity contribution in [3.05, 3.63) is 57.5 Å². The number of carbonyl (C=O) groups is 2. The Morgan fingerprint density at radius 1 is 1.29 bits per heavy atom. The fourth-order valence-corrected chi connectivity index (χ4v) is 3.37. The molecule has 1 heterocycles. The molecule has 7 nitrogen and oxygen atoms in total. The van der Waals surface area contributed by atoms with E-state index in [1.807, 2.05) is 25.1 Å². The van der Waals surface area contributed by atoms with E-state index in [-0.39, 0.29) is 18.3 Å². The van der Waals surface area contributed by atoms with Crippen LogP contribution in [0, 0.1) is 6.92 Å². The molecule has 0 bridgehead atoms. The number of furan rings is 1. The largest absolute Gasteiger partial charge is 0.455 e. The van der Waals surface area contributed by atoms with Gasteiger partial charge in [0, 0.05) is 29.1 Å². The Hall–Kier alpha value is -2.80. The van der Waals surface area contributed by atoms with Gasteiger partial charge in [-0.15, -0.1) is 0 Å². The monoisotopic (exact) mass is 403 g/mol. The van der Waals surface area contributed by atoms with Gasteiger partial charge in [-0.2, -0.15) is 5.10 Å². The quantitative estimate of drug-likeness (QED) is 0.739. The van der Waals surface area contributed by atoms with Crippen molar-refractivity contribution in [2.45, 2.75) is 39.7 Å². The molecule has 3 rings (SSSR count). The molecule has 0 aliphatic heterocycles. The Morgan fingerprint density at radius 2 is 2.07 bits per heavy atom. The van der Waals surface area contributed by atoms with Gasteiger partial charge in [0.2, 0.25) is 0 Å². The van der Waals surface area contributed by atoms with Crippen LogP contribution in [0.2, 0.25) is 5.02 Å². The number of amides is 2. The average molecular weight is 404 g/mol. The maximum atomic E-state index is 12.6. The molecule has 1 aromatic heterocycles. The summed E-state index contributed by atoms with van der Waals surface area (Å²) in [5, 5.41) is 7.60. The van der Waals surface area contributed by atoms with Crippen molar-refractivity contribution in [3.63, 3.8) is 0 Å². The van der Waals surface area contributed by atoms with E-state index in [0.29, 0.717) is 41.4 Å². The standard InChI is InChI=1S/C20H22ClN3O4/c1-3-27-20(26)24-23-15-9-6-10-16-17(15)12(2)18(28-16)19(25)22-11-13-7-4-5-8-14(13)21/h4-5,7-8H,3,6,9-11H2,1-2H3,(H,22,25)(H,24,26)/b23-15+. The highest BCUT2D eigenvalue weighted by atomic mass is 35.5. The first-order valence-corrected chi connectivity index (χ1v) is 9.52. The molecule has 148 valence electrons. The molecule has 0 saturated heterocycles. The minimum atomic E-state index is -0.610. The molecule has 0 spiro atoms. The van der Waals surface area contributed by atoms with Crippen molar-refractivity contribution >= 4 is 29.3 Å². The smallest absolute Gasteiger partial charge is 0.427 e. The van der Waals surface area contributed by atoms with Gasteiger partial charge in [-0.25, -0.2) is 10.2 Å². The van der Waals surface area contributed by atoms with Crippen molar-refractivity contribution in [2.75, 3.05) is 6.61 Å². The van der Waals surface area contributed by atoms with Crippen LogP contribution in [0.5, 0.6) is 0 Å². The Morgan fingerprint density at radius 3 is 2.82 bits per heavy atom. The molecule has 1 aliphatic carbocycles. The molecule has 0 unspecified atom stereocenters. The number of benzene rings is 1. The van der Waals surface area contributed by atoms with Crippen LogP contribution in [0.1, 0.15) is 52.8 Å². The number of hydrazone groups is 1. The molecule has 8 heteroatoms. The molecule has 2 amide bonds. The average Bonchev–Trinajstić information content (AvgIpc) is 3.03. The summed E-state index contributed by atoms with van der Waals surface area (Å²) in [6.45, 7) is 4.11. The van der Waals surface area contributed by atoms with Crippen LogP contribution in [-0.2, 0) is 17.7 Å². The number of hydrogen-bond donors (Lipinski definition) is 2. The first-order valence-electron chi connectivity index (χ1n) is 9.14. The molecule has 0 atom stereocenters. The van der Waals surface area contributed by atoms with Gasteiger partial charge in [0.05, 0.1) is 12.3 Å². The predicted octanol–water partition coefficient (Wildman–Crippen LogP) is 3.96. The normalized spacial score (nSPS) is 14.5. The summed E-state index contributed by atoms with van der Waals surface area (Å²) in [7, 11) is 0. The number of ether oxygens (including phenoxy) is 1. The lowest BCUT2D eigenvalue weighted by molar-refractivity contribution is 0.0920. The third kappa shape index (κ3) is 4.36. The Bertz CT molecular complexity index is 920. The summed E-state index contributed by atoms with van der Waals surface area (Å²) in [5.74, 6) is 0.642. The number of hydrogen-bond acceptors (Lipinski definition) is 5.